The molecule has 0 saturated carbocycles. The van der Waals surface area contributed by atoms with Crippen molar-refractivity contribution in [3.63, 3.8) is 0 Å². The summed E-state index contributed by atoms with van der Waals surface area (Å²) in [6, 6.07) is 5.39. The Morgan fingerprint density at radius 3 is 2.88 bits per heavy atom. The van der Waals surface area contributed by atoms with E-state index in [4.69, 9.17) is 5.73 Å². The number of halogens is 1. The number of hydrogen-bond acceptors (Lipinski definition) is 5. The monoisotopic (exact) mass is 279 g/mol. The van der Waals surface area contributed by atoms with Crippen LogP contribution in [0.2, 0.25) is 0 Å². The summed E-state index contributed by atoms with van der Waals surface area (Å²) in [5.74, 6) is 0.855. The Kier molecular flexibility index (Phi) is 3.00. The molecule has 0 spiro atoms. The van der Waals surface area contributed by atoms with Crippen molar-refractivity contribution in [3.05, 3.63) is 34.7 Å². The van der Waals surface area contributed by atoms with Crippen molar-refractivity contribution >= 4 is 33.4 Å². The molecule has 0 unspecified atom stereocenters. The Labute approximate surface area is 101 Å². The molecule has 0 atom stereocenters. The second-order valence-electron chi connectivity index (χ2n) is 3.20. The summed E-state index contributed by atoms with van der Waals surface area (Å²) < 4.78 is 0.643. The molecule has 2 rings (SSSR count). The second-order valence-corrected chi connectivity index (χ2v) is 4.01. The molecule has 0 bridgehead atoms. The molecule has 16 heavy (non-hydrogen) atoms. The molecule has 0 amide bonds. The van der Waals surface area contributed by atoms with Crippen molar-refractivity contribution < 1.29 is 0 Å². The third-order valence-corrected chi connectivity index (χ3v) is 2.37. The van der Waals surface area contributed by atoms with Crippen LogP contribution in [0.3, 0.4) is 0 Å². The SMILES string of the molecule is Cc1ncccc1Nc1nc(N)cc(Br)n1. The number of nitrogen functional groups attached to an aromatic ring is 1. The summed E-state index contributed by atoms with van der Waals surface area (Å²) in [4.78, 5) is 12.4. The number of aryl methyl sites for hydroxylation is 1. The zero-order valence-corrected chi connectivity index (χ0v) is 10.2. The molecule has 82 valence electrons. The van der Waals surface area contributed by atoms with Crippen molar-refractivity contribution in [2.45, 2.75) is 6.92 Å². The van der Waals surface area contributed by atoms with Gasteiger partial charge in [-0.05, 0) is 35.0 Å². The maximum absolute atomic E-state index is 5.61. The number of pyridine rings is 1. The average molecular weight is 280 g/mol. The smallest absolute Gasteiger partial charge is 0.230 e. The Morgan fingerprint density at radius 1 is 1.38 bits per heavy atom. The highest BCUT2D eigenvalue weighted by molar-refractivity contribution is 9.10. The van der Waals surface area contributed by atoms with Crippen LogP contribution in [0.25, 0.3) is 0 Å². The molecule has 0 radical (unpaired) electrons. The molecule has 5 nitrogen and oxygen atoms in total. The zero-order valence-electron chi connectivity index (χ0n) is 8.61. The first-order chi connectivity index (χ1) is 7.65. The Hall–Kier alpha value is -1.69. The molecular weight excluding hydrogens is 270 g/mol. The number of rotatable bonds is 2. The fraction of sp³-hybridized carbons (Fsp3) is 0.100. The highest BCUT2D eigenvalue weighted by Gasteiger charge is 2.03. The van der Waals surface area contributed by atoms with Gasteiger partial charge in [-0.15, -0.1) is 0 Å². The number of nitrogens with one attached hydrogen (secondary N) is 1. The summed E-state index contributed by atoms with van der Waals surface area (Å²) in [6.07, 6.45) is 1.73. The molecule has 2 aromatic rings. The summed E-state index contributed by atoms with van der Waals surface area (Å²) >= 11 is 3.26. The van der Waals surface area contributed by atoms with Crippen molar-refractivity contribution in [2.24, 2.45) is 0 Å². The fourth-order valence-electron chi connectivity index (χ4n) is 1.23. The molecular formula is C10H10BrN5. The topological polar surface area (TPSA) is 76.7 Å². The maximum Gasteiger partial charge on any atom is 0.230 e. The molecule has 0 aliphatic heterocycles. The predicted octanol–water partition coefficient (Wildman–Crippen LogP) is 2.27. The van der Waals surface area contributed by atoms with E-state index in [0.29, 0.717) is 16.4 Å². The molecule has 0 aromatic carbocycles. The van der Waals surface area contributed by atoms with E-state index in [1.54, 1.807) is 12.3 Å². The van der Waals surface area contributed by atoms with Crippen LogP contribution in [0.4, 0.5) is 17.5 Å². The van der Waals surface area contributed by atoms with E-state index >= 15 is 0 Å². The summed E-state index contributed by atoms with van der Waals surface area (Å²) in [5.41, 5.74) is 7.35. The molecule has 0 saturated heterocycles. The normalized spacial score (nSPS) is 10.1. The number of aromatic nitrogens is 3. The molecule has 0 aliphatic rings. The van der Waals surface area contributed by atoms with E-state index < -0.39 is 0 Å². The zero-order chi connectivity index (χ0) is 11.5. The minimum absolute atomic E-state index is 0.408. The summed E-state index contributed by atoms with van der Waals surface area (Å²) in [5, 5.41) is 3.06. The van der Waals surface area contributed by atoms with Gasteiger partial charge in [0.05, 0.1) is 11.4 Å². The lowest BCUT2D eigenvalue weighted by molar-refractivity contribution is 1.13. The minimum atomic E-state index is 0.408. The Morgan fingerprint density at radius 2 is 2.19 bits per heavy atom. The van der Waals surface area contributed by atoms with Gasteiger partial charge in [0.25, 0.3) is 0 Å². The Balaban J connectivity index is 2.30. The van der Waals surface area contributed by atoms with Crippen LogP contribution in [-0.4, -0.2) is 15.0 Å². The van der Waals surface area contributed by atoms with Gasteiger partial charge in [0.1, 0.15) is 10.4 Å². The summed E-state index contributed by atoms with van der Waals surface area (Å²) in [7, 11) is 0. The van der Waals surface area contributed by atoms with Gasteiger partial charge in [-0.3, -0.25) is 4.98 Å². The van der Waals surface area contributed by atoms with Gasteiger partial charge < -0.3 is 11.1 Å². The first-order valence-corrected chi connectivity index (χ1v) is 5.43. The number of hydrogen-bond donors (Lipinski definition) is 2. The van der Waals surface area contributed by atoms with Gasteiger partial charge in [-0.1, -0.05) is 0 Å². The molecule has 6 heteroatoms. The predicted molar refractivity (Wildman–Crippen MR) is 66.4 cm³/mol. The van der Waals surface area contributed by atoms with Crippen molar-refractivity contribution in [2.75, 3.05) is 11.1 Å². The second kappa shape index (κ2) is 4.44. The molecule has 0 fully saturated rings. The van der Waals surface area contributed by atoms with Gasteiger partial charge in [0.15, 0.2) is 0 Å². The van der Waals surface area contributed by atoms with E-state index in [1.807, 2.05) is 19.1 Å². The van der Waals surface area contributed by atoms with E-state index in [-0.39, 0.29) is 0 Å². The van der Waals surface area contributed by atoms with Crippen LogP contribution < -0.4 is 11.1 Å². The number of nitrogens with zero attached hydrogens (tertiary/aromatic N) is 3. The largest absolute Gasteiger partial charge is 0.383 e. The third kappa shape index (κ3) is 2.46. The number of anilines is 3. The lowest BCUT2D eigenvalue weighted by atomic mass is 10.3. The third-order valence-electron chi connectivity index (χ3n) is 1.97. The molecule has 0 aliphatic carbocycles. The van der Waals surface area contributed by atoms with Crippen LogP contribution in [0.5, 0.6) is 0 Å². The fourth-order valence-corrected chi connectivity index (χ4v) is 1.63. The standard InChI is InChI=1S/C10H10BrN5/c1-6-7(3-2-4-13-6)14-10-15-8(11)5-9(12)16-10/h2-5H,1H3,(H3,12,14,15,16). The minimum Gasteiger partial charge on any atom is -0.383 e. The lowest BCUT2D eigenvalue weighted by Crippen LogP contribution is -2.02. The highest BCUT2D eigenvalue weighted by Crippen LogP contribution is 2.18. The van der Waals surface area contributed by atoms with Gasteiger partial charge in [0, 0.05) is 12.3 Å². The highest BCUT2D eigenvalue weighted by atomic mass is 79.9. The van der Waals surface area contributed by atoms with E-state index in [9.17, 15) is 0 Å². The van der Waals surface area contributed by atoms with Crippen molar-refractivity contribution in [1.29, 1.82) is 0 Å². The Bertz CT molecular complexity index is 494. The summed E-state index contributed by atoms with van der Waals surface area (Å²) in [6.45, 7) is 1.91. The first kappa shape index (κ1) is 10.8. The van der Waals surface area contributed by atoms with Crippen molar-refractivity contribution in [3.8, 4) is 0 Å². The molecule has 3 N–H and O–H groups in total. The van der Waals surface area contributed by atoms with Crippen LogP contribution in [-0.2, 0) is 0 Å². The van der Waals surface area contributed by atoms with Crippen molar-refractivity contribution in [1.82, 2.24) is 15.0 Å². The van der Waals surface area contributed by atoms with E-state index in [1.165, 1.54) is 0 Å². The first-order valence-electron chi connectivity index (χ1n) is 4.64. The van der Waals surface area contributed by atoms with Crippen LogP contribution in [0.15, 0.2) is 29.0 Å². The average Bonchev–Trinajstić information content (AvgIpc) is 2.20. The lowest BCUT2D eigenvalue weighted by Gasteiger charge is -2.07. The van der Waals surface area contributed by atoms with Gasteiger partial charge in [-0.25, -0.2) is 4.98 Å². The molecule has 2 heterocycles. The number of nitrogens with two attached hydrogens (primary N) is 1. The van der Waals surface area contributed by atoms with E-state index in [0.717, 1.165) is 11.4 Å². The van der Waals surface area contributed by atoms with E-state index in [2.05, 4.69) is 36.2 Å². The van der Waals surface area contributed by atoms with Crippen LogP contribution in [0, 0.1) is 6.92 Å². The van der Waals surface area contributed by atoms with Crippen LogP contribution >= 0.6 is 15.9 Å². The van der Waals surface area contributed by atoms with Gasteiger partial charge in [0.2, 0.25) is 5.95 Å². The molecule has 2 aromatic heterocycles. The van der Waals surface area contributed by atoms with Crippen LogP contribution in [0.1, 0.15) is 5.69 Å². The quantitative estimate of drug-likeness (QED) is 0.825. The maximum atomic E-state index is 5.61. The van der Waals surface area contributed by atoms with Gasteiger partial charge >= 0.3 is 0 Å². The van der Waals surface area contributed by atoms with Gasteiger partial charge in [-0.2, -0.15) is 4.98 Å².